The highest BCUT2D eigenvalue weighted by atomic mass is 32.2. The van der Waals surface area contributed by atoms with Crippen molar-refractivity contribution in [2.75, 3.05) is 22.4 Å². The average molecular weight is 533 g/mol. The van der Waals surface area contributed by atoms with E-state index in [4.69, 9.17) is 0 Å². The maximum absolute atomic E-state index is 13.1. The number of anilines is 2. The number of sulfonamides is 1. The van der Waals surface area contributed by atoms with E-state index < -0.39 is 34.2 Å². The maximum atomic E-state index is 13.1. The second kappa shape index (κ2) is 11.2. The lowest BCUT2D eigenvalue weighted by atomic mass is 10.1. The zero-order valence-corrected chi connectivity index (χ0v) is 20.6. The Kier molecular flexibility index (Phi) is 8.33. The number of alkyl halides is 3. The van der Waals surface area contributed by atoms with Gasteiger partial charge in [0.25, 0.3) is 11.8 Å². The summed E-state index contributed by atoms with van der Waals surface area (Å²) < 4.78 is 64.2. The molecule has 194 valence electrons. The van der Waals surface area contributed by atoms with Crippen LogP contribution in [-0.2, 0) is 21.0 Å². The molecule has 0 bridgehead atoms. The van der Waals surface area contributed by atoms with Crippen LogP contribution < -0.4 is 15.0 Å². The summed E-state index contributed by atoms with van der Waals surface area (Å²) >= 11 is 0. The Morgan fingerprint density at radius 2 is 1.57 bits per heavy atom. The minimum atomic E-state index is -4.68. The molecule has 0 aliphatic heterocycles. The van der Waals surface area contributed by atoms with E-state index in [0.29, 0.717) is 32.9 Å². The molecule has 0 aliphatic carbocycles. The van der Waals surface area contributed by atoms with E-state index in [1.165, 1.54) is 0 Å². The fourth-order valence-corrected chi connectivity index (χ4v) is 4.08. The highest BCUT2D eigenvalue weighted by Crippen LogP contribution is 2.32. The van der Waals surface area contributed by atoms with Gasteiger partial charge in [0.2, 0.25) is 10.0 Å². The number of nitrogens with one attached hydrogen (secondary N) is 2. The van der Waals surface area contributed by atoms with Crippen molar-refractivity contribution in [3.05, 3.63) is 95.6 Å². The van der Waals surface area contributed by atoms with Crippen molar-refractivity contribution in [2.24, 2.45) is 5.10 Å². The Balaban J connectivity index is 1.71. The second-order valence-electron chi connectivity index (χ2n) is 7.95. The normalized spacial score (nSPS) is 12.1. The molecule has 3 rings (SSSR count). The molecule has 12 heteroatoms. The third kappa shape index (κ3) is 7.64. The summed E-state index contributed by atoms with van der Waals surface area (Å²) in [4.78, 5) is 24.8. The first kappa shape index (κ1) is 27.4. The van der Waals surface area contributed by atoms with Gasteiger partial charge in [-0.05, 0) is 55.0 Å². The third-order valence-electron chi connectivity index (χ3n) is 5.07. The fraction of sp³-hybridized carbons (Fsp3) is 0.160. The monoisotopic (exact) mass is 532 g/mol. The smallest absolute Gasteiger partial charge is 0.322 e. The number of nitrogens with zero attached hydrogens (tertiary/aromatic N) is 2. The van der Waals surface area contributed by atoms with Crippen molar-refractivity contribution in [2.45, 2.75) is 13.1 Å². The highest BCUT2D eigenvalue weighted by molar-refractivity contribution is 7.92. The Labute approximate surface area is 211 Å². The molecule has 3 aromatic rings. The number of hydrogen-bond donors (Lipinski definition) is 2. The molecular weight excluding hydrogens is 509 g/mol. The lowest BCUT2D eigenvalue weighted by Crippen LogP contribution is -2.39. The van der Waals surface area contributed by atoms with Crippen LogP contribution >= 0.6 is 0 Å². The van der Waals surface area contributed by atoms with E-state index >= 15 is 0 Å². The van der Waals surface area contributed by atoms with Gasteiger partial charge in [0.05, 0.1) is 23.2 Å². The largest absolute Gasteiger partial charge is 0.416 e. The average Bonchev–Trinajstić information content (AvgIpc) is 2.85. The SMILES string of the molecule is C/C(=N/NC(=O)CN(c1cccc(C(F)(F)F)c1)S(C)(=O)=O)c1cccc(NC(=O)c2ccccc2)c1. The van der Waals surface area contributed by atoms with Crippen molar-refractivity contribution >= 4 is 38.9 Å². The van der Waals surface area contributed by atoms with Crippen LogP contribution in [0.25, 0.3) is 0 Å². The first-order valence-electron chi connectivity index (χ1n) is 10.8. The van der Waals surface area contributed by atoms with Crippen LogP contribution in [0.15, 0.2) is 84.0 Å². The summed E-state index contributed by atoms with van der Waals surface area (Å²) in [5.41, 5.74) is 2.72. The summed E-state index contributed by atoms with van der Waals surface area (Å²) in [5.74, 6) is -1.17. The quantitative estimate of drug-likeness (QED) is 0.334. The predicted octanol–water partition coefficient (Wildman–Crippen LogP) is 4.26. The van der Waals surface area contributed by atoms with Crippen molar-refractivity contribution in [1.29, 1.82) is 0 Å². The van der Waals surface area contributed by atoms with Gasteiger partial charge >= 0.3 is 6.18 Å². The Hall–Kier alpha value is -4.19. The van der Waals surface area contributed by atoms with Gasteiger partial charge in [-0.25, -0.2) is 13.8 Å². The highest BCUT2D eigenvalue weighted by Gasteiger charge is 2.32. The summed E-state index contributed by atoms with van der Waals surface area (Å²) in [6.45, 7) is 0.795. The molecule has 0 saturated heterocycles. The van der Waals surface area contributed by atoms with Crippen LogP contribution in [0.3, 0.4) is 0 Å². The van der Waals surface area contributed by atoms with Crippen LogP contribution in [0.4, 0.5) is 24.5 Å². The Morgan fingerprint density at radius 1 is 0.919 bits per heavy atom. The molecule has 0 fully saturated rings. The van der Waals surface area contributed by atoms with Gasteiger partial charge in [-0.15, -0.1) is 0 Å². The Bertz CT molecular complexity index is 1430. The molecule has 0 unspecified atom stereocenters. The zero-order valence-electron chi connectivity index (χ0n) is 19.8. The number of rotatable bonds is 8. The Morgan fingerprint density at radius 3 is 2.22 bits per heavy atom. The third-order valence-corrected chi connectivity index (χ3v) is 6.21. The van der Waals surface area contributed by atoms with Crippen LogP contribution in [0, 0.1) is 0 Å². The van der Waals surface area contributed by atoms with Crippen molar-refractivity contribution in [3.8, 4) is 0 Å². The van der Waals surface area contributed by atoms with Crippen LogP contribution in [0.1, 0.15) is 28.4 Å². The van der Waals surface area contributed by atoms with E-state index in [9.17, 15) is 31.2 Å². The first-order chi connectivity index (χ1) is 17.3. The zero-order chi connectivity index (χ0) is 27.2. The molecule has 0 spiro atoms. The lowest BCUT2D eigenvalue weighted by Gasteiger charge is -2.22. The van der Waals surface area contributed by atoms with Gasteiger partial charge in [-0.1, -0.05) is 36.4 Å². The molecule has 2 N–H and O–H groups in total. The second-order valence-corrected chi connectivity index (χ2v) is 9.86. The van der Waals surface area contributed by atoms with E-state index in [1.54, 1.807) is 61.5 Å². The number of hydrazone groups is 1. The summed E-state index contributed by atoms with van der Waals surface area (Å²) in [5, 5.41) is 6.72. The standard InChI is InChI=1S/C25H23F3N4O4S/c1-17(19-10-6-12-21(14-19)29-24(34)18-8-4-3-5-9-18)30-31-23(33)16-32(37(2,35)36)22-13-7-11-20(15-22)25(26,27)28/h3-15H,16H2,1-2H3,(H,29,34)(H,31,33)/b30-17-. The molecule has 8 nitrogen and oxygen atoms in total. The van der Waals surface area contributed by atoms with Crippen molar-refractivity contribution in [1.82, 2.24) is 5.43 Å². The molecule has 37 heavy (non-hydrogen) atoms. The number of benzene rings is 3. The van der Waals surface area contributed by atoms with Gasteiger partial charge in [0, 0.05) is 11.3 Å². The molecule has 3 aromatic carbocycles. The van der Waals surface area contributed by atoms with Crippen LogP contribution in [0.5, 0.6) is 0 Å². The number of amides is 2. The minimum absolute atomic E-state index is 0.309. The van der Waals surface area contributed by atoms with Gasteiger partial charge in [-0.3, -0.25) is 13.9 Å². The predicted molar refractivity (Wildman–Crippen MR) is 135 cm³/mol. The molecule has 0 heterocycles. The molecule has 0 aliphatic rings. The molecule has 2 amide bonds. The van der Waals surface area contributed by atoms with E-state index in [0.717, 1.165) is 24.5 Å². The topological polar surface area (TPSA) is 108 Å². The summed E-state index contributed by atoms with van der Waals surface area (Å²) in [6.07, 6.45) is -3.90. The molecule has 0 saturated carbocycles. The number of halogens is 3. The minimum Gasteiger partial charge on any atom is -0.322 e. The van der Waals surface area contributed by atoms with E-state index in [2.05, 4.69) is 15.8 Å². The molecular formula is C25H23F3N4O4S. The lowest BCUT2D eigenvalue weighted by molar-refractivity contribution is -0.137. The molecule has 0 atom stereocenters. The fourth-order valence-electron chi connectivity index (χ4n) is 3.23. The summed E-state index contributed by atoms with van der Waals surface area (Å²) in [6, 6.07) is 18.9. The van der Waals surface area contributed by atoms with Gasteiger partial charge in [0.1, 0.15) is 6.54 Å². The van der Waals surface area contributed by atoms with E-state index in [1.807, 2.05) is 0 Å². The van der Waals surface area contributed by atoms with Gasteiger partial charge in [-0.2, -0.15) is 18.3 Å². The molecule has 0 radical (unpaired) electrons. The van der Waals surface area contributed by atoms with Gasteiger partial charge < -0.3 is 5.32 Å². The van der Waals surface area contributed by atoms with E-state index in [-0.39, 0.29) is 11.6 Å². The van der Waals surface area contributed by atoms with Crippen molar-refractivity contribution < 1.29 is 31.2 Å². The first-order valence-corrected chi connectivity index (χ1v) is 12.6. The summed E-state index contributed by atoms with van der Waals surface area (Å²) in [7, 11) is -4.09. The molecule has 0 aromatic heterocycles. The van der Waals surface area contributed by atoms with Gasteiger partial charge in [0.15, 0.2) is 0 Å². The van der Waals surface area contributed by atoms with Crippen LogP contribution in [0.2, 0.25) is 0 Å². The number of hydrogen-bond acceptors (Lipinski definition) is 5. The number of carbonyl (C=O) groups is 2. The number of carbonyl (C=O) groups excluding carboxylic acids is 2. The van der Waals surface area contributed by atoms with Crippen LogP contribution in [-0.4, -0.2) is 38.7 Å². The maximum Gasteiger partial charge on any atom is 0.416 e. The van der Waals surface area contributed by atoms with Crippen molar-refractivity contribution in [3.63, 3.8) is 0 Å².